The van der Waals surface area contributed by atoms with Crippen LogP contribution in [0.25, 0.3) is 5.57 Å². The van der Waals surface area contributed by atoms with Crippen LogP contribution in [0.5, 0.6) is 0 Å². The van der Waals surface area contributed by atoms with Gasteiger partial charge in [-0.1, -0.05) is 116 Å². The van der Waals surface area contributed by atoms with Crippen LogP contribution >= 0.6 is 0 Å². The van der Waals surface area contributed by atoms with Crippen molar-refractivity contribution in [1.82, 2.24) is 0 Å². The highest BCUT2D eigenvalue weighted by atomic mass is 14.7. The topological polar surface area (TPSA) is 38.4 Å². The van der Waals surface area contributed by atoms with Crippen LogP contribution in [-0.2, 0) is 10.8 Å². The van der Waals surface area contributed by atoms with E-state index in [1.54, 1.807) is 0 Å². The molecule has 0 amide bonds. The van der Waals surface area contributed by atoms with Crippen molar-refractivity contribution in [2.75, 3.05) is 5.73 Å². The van der Waals surface area contributed by atoms with E-state index in [1.807, 2.05) is 13.0 Å². The lowest BCUT2D eigenvalue weighted by Gasteiger charge is -2.29. The molecule has 3 aromatic carbocycles. The number of nitrogens with two attached hydrogens (primary N) is 1. The minimum atomic E-state index is 0.0692. The molecule has 0 aromatic heterocycles. The minimum absolute atomic E-state index is 0.0692. The number of nitrogen functional groups attached to an aromatic ring is 1. The monoisotopic (exact) mass is 550 g/mol. The summed E-state index contributed by atoms with van der Waals surface area (Å²) in [5.74, 6) is 0.578. The molecule has 0 saturated carbocycles. The number of rotatable bonds is 7. The largest absolute Gasteiger partial charge is 0.398 e. The molecule has 1 aliphatic rings. The second kappa shape index (κ2) is 12.4. The zero-order chi connectivity index (χ0) is 30.8. The minimum Gasteiger partial charge on any atom is -0.398 e. The molecular weight excluding hydrogens is 496 g/mol. The molecule has 3 aromatic rings. The number of allylic oxidation sites excluding steroid dienone is 1. The first-order valence-electron chi connectivity index (χ1n) is 15.4. The van der Waals surface area contributed by atoms with E-state index in [0.29, 0.717) is 5.92 Å². The van der Waals surface area contributed by atoms with Gasteiger partial charge in [-0.15, -0.1) is 0 Å². The number of hydrogen-bond acceptors (Lipinski definition) is 2. The van der Waals surface area contributed by atoms with E-state index in [9.17, 15) is 0 Å². The van der Waals surface area contributed by atoms with Gasteiger partial charge in [0.15, 0.2) is 0 Å². The third-order valence-electron chi connectivity index (χ3n) is 9.56. The fraction of sp³-hybridized carbons (Fsp3) is 0.462. The standard InChI is InChI=1S/C24H30.C15H24N2/c1-16(2)18-8-11-20(12-9-18)24(7)15-23(5,6)21-13-10-19(17(3)4)14-22(21)24;1-6-15(5,7-2)10-17-14-9-13(16)11(3)8-12(14)4/h8-14,16H,3,15H2,1-2,4-7H3;8-10H,6-7,16H2,1-5H3. The van der Waals surface area contributed by atoms with Crippen LogP contribution in [0.2, 0.25) is 0 Å². The van der Waals surface area contributed by atoms with Crippen molar-refractivity contribution in [2.24, 2.45) is 10.4 Å². The van der Waals surface area contributed by atoms with Gasteiger partial charge in [0.2, 0.25) is 0 Å². The van der Waals surface area contributed by atoms with Crippen LogP contribution in [0.15, 0.2) is 66.2 Å². The summed E-state index contributed by atoms with van der Waals surface area (Å²) in [6, 6.07) is 20.3. The van der Waals surface area contributed by atoms with Crippen molar-refractivity contribution in [1.29, 1.82) is 0 Å². The van der Waals surface area contributed by atoms with Gasteiger partial charge in [0.25, 0.3) is 0 Å². The molecule has 220 valence electrons. The van der Waals surface area contributed by atoms with Crippen LogP contribution in [-0.4, -0.2) is 6.21 Å². The third kappa shape index (κ3) is 7.03. The molecule has 4 rings (SSSR count). The maximum atomic E-state index is 5.92. The van der Waals surface area contributed by atoms with E-state index in [1.165, 1.54) is 33.4 Å². The summed E-state index contributed by atoms with van der Waals surface area (Å²) in [4.78, 5) is 4.62. The zero-order valence-electron chi connectivity index (χ0n) is 27.7. The Hall–Kier alpha value is -3.13. The predicted octanol–water partition coefficient (Wildman–Crippen LogP) is 11.2. The number of nitrogens with zero attached hydrogens (tertiary/aromatic N) is 1. The van der Waals surface area contributed by atoms with E-state index < -0.39 is 0 Å². The Morgan fingerprint density at radius 1 is 0.951 bits per heavy atom. The van der Waals surface area contributed by atoms with Crippen LogP contribution < -0.4 is 5.73 Å². The van der Waals surface area contributed by atoms with Gasteiger partial charge in [0, 0.05) is 22.7 Å². The summed E-state index contributed by atoms with van der Waals surface area (Å²) in [6.45, 7) is 28.6. The number of anilines is 1. The summed E-state index contributed by atoms with van der Waals surface area (Å²) in [6.07, 6.45) is 5.43. The highest BCUT2D eigenvalue weighted by molar-refractivity contribution is 5.72. The molecule has 1 atom stereocenters. The second-order valence-corrected chi connectivity index (χ2v) is 13.8. The van der Waals surface area contributed by atoms with Crippen molar-refractivity contribution in [3.8, 4) is 0 Å². The van der Waals surface area contributed by atoms with Crippen LogP contribution in [0.1, 0.15) is 126 Å². The number of aryl methyl sites for hydroxylation is 2. The van der Waals surface area contributed by atoms with Crippen LogP contribution in [0.3, 0.4) is 0 Å². The molecule has 2 heteroatoms. The summed E-state index contributed by atoms with van der Waals surface area (Å²) >= 11 is 0. The average molecular weight is 551 g/mol. The van der Waals surface area contributed by atoms with E-state index in [2.05, 4.69) is 136 Å². The molecule has 0 saturated heterocycles. The van der Waals surface area contributed by atoms with E-state index >= 15 is 0 Å². The molecule has 0 heterocycles. The molecule has 41 heavy (non-hydrogen) atoms. The fourth-order valence-electron chi connectivity index (χ4n) is 6.08. The quantitative estimate of drug-likeness (QED) is 0.230. The normalized spacial score (nSPS) is 17.9. The van der Waals surface area contributed by atoms with Crippen molar-refractivity contribution in [2.45, 2.75) is 112 Å². The molecule has 0 aliphatic heterocycles. The first-order chi connectivity index (χ1) is 19.1. The van der Waals surface area contributed by atoms with Crippen molar-refractivity contribution >= 4 is 23.2 Å². The summed E-state index contributed by atoms with van der Waals surface area (Å²) in [7, 11) is 0. The molecule has 0 radical (unpaired) electrons. The molecule has 1 aliphatic carbocycles. The van der Waals surface area contributed by atoms with Gasteiger partial charge >= 0.3 is 0 Å². The number of aliphatic imine (C=N–C) groups is 1. The van der Waals surface area contributed by atoms with Crippen molar-refractivity contribution < 1.29 is 0 Å². The van der Waals surface area contributed by atoms with Gasteiger partial charge in [0.1, 0.15) is 0 Å². The Morgan fingerprint density at radius 3 is 2.10 bits per heavy atom. The predicted molar refractivity (Wildman–Crippen MR) is 183 cm³/mol. The maximum Gasteiger partial charge on any atom is 0.0675 e. The van der Waals surface area contributed by atoms with Gasteiger partial charge in [-0.3, -0.25) is 4.99 Å². The fourth-order valence-corrected chi connectivity index (χ4v) is 6.08. The highest BCUT2D eigenvalue weighted by Crippen LogP contribution is 2.53. The second-order valence-electron chi connectivity index (χ2n) is 13.8. The molecule has 2 N–H and O–H groups in total. The Labute approximate surface area is 251 Å². The molecule has 2 nitrogen and oxygen atoms in total. The first-order valence-corrected chi connectivity index (χ1v) is 15.4. The molecule has 0 fully saturated rings. The van der Waals surface area contributed by atoms with Crippen molar-refractivity contribution in [3.05, 3.63) is 100 Å². The van der Waals surface area contributed by atoms with Crippen molar-refractivity contribution in [3.63, 3.8) is 0 Å². The van der Waals surface area contributed by atoms with Crippen LogP contribution in [0, 0.1) is 19.3 Å². The average Bonchev–Trinajstić information content (AvgIpc) is 3.15. The van der Waals surface area contributed by atoms with E-state index in [0.717, 1.165) is 41.8 Å². The smallest absolute Gasteiger partial charge is 0.0675 e. The van der Waals surface area contributed by atoms with Gasteiger partial charge < -0.3 is 5.73 Å². The Bertz CT molecular complexity index is 1400. The molecule has 0 spiro atoms. The lowest BCUT2D eigenvalue weighted by Crippen LogP contribution is -2.23. The number of hydrogen-bond donors (Lipinski definition) is 1. The number of fused-ring (bicyclic) bond motifs is 1. The first kappa shape index (κ1) is 32.4. The summed E-state index contributed by atoms with van der Waals surface area (Å²) in [5, 5.41) is 0. The van der Waals surface area contributed by atoms with Gasteiger partial charge in [-0.05, 0) is 96.4 Å². The molecule has 1 unspecified atom stereocenters. The van der Waals surface area contributed by atoms with Crippen LogP contribution in [0.4, 0.5) is 11.4 Å². The van der Waals surface area contributed by atoms with Gasteiger partial charge in [0.05, 0.1) is 5.69 Å². The molecular formula is C39H54N2. The number of benzene rings is 3. The highest BCUT2D eigenvalue weighted by Gasteiger charge is 2.45. The summed E-state index contributed by atoms with van der Waals surface area (Å²) < 4.78 is 0. The lowest BCUT2D eigenvalue weighted by molar-refractivity contribution is 0.425. The SMILES string of the molecule is C=C(C)c1ccc2c(c1)C(C)(c1ccc(C(C)C)cc1)CC2(C)C.CCC(C)(C=Nc1cc(N)c(C)cc1C)CC. The zero-order valence-corrected chi connectivity index (χ0v) is 27.7. The molecule has 0 bridgehead atoms. The van der Waals surface area contributed by atoms with E-state index in [4.69, 9.17) is 5.73 Å². The van der Waals surface area contributed by atoms with Gasteiger partial charge in [-0.25, -0.2) is 0 Å². The maximum absolute atomic E-state index is 5.92. The van der Waals surface area contributed by atoms with Gasteiger partial charge in [-0.2, -0.15) is 0 Å². The Kier molecular flexibility index (Phi) is 9.79. The third-order valence-corrected chi connectivity index (χ3v) is 9.56. The Morgan fingerprint density at radius 2 is 1.56 bits per heavy atom. The Balaban J connectivity index is 0.000000241. The summed E-state index contributed by atoms with van der Waals surface area (Å²) in [5.41, 5.74) is 18.7. The lowest BCUT2D eigenvalue weighted by atomic mass is 9.74. The van der Waals surface area contributed by atoms with E-state index in [-0.39, 0.29) is 16.2 Å².